The molecule has 27 heavy (non-hydrogen) atoms. The third-order valence-electron chi connectivity index (χ3n) is 4.27. The minimum absolute atomic E-state index is 0.654. The van der Waals surface area contributed by atoms with Crippen molar-refractivity contribution in [3.63, 3.8) is 0 Å². The molecule has 0 saturated heterocycles. The summed E-state index contributed by atoms with van der Waals surface area (Å²) in [5.74, 6) is 3.43. The zero-order valence-electron chi connectivity index (χ0n) is 16.3. The van der Waals surface area contributed by atoms with Crippen LogP contribution in [0, 0.1) is 20.8 Å². The summed E-state index contributed by atoms with van der Waals surface area (Å²) in [5, 5.41) is 6.63. The highest BCUT2D eigenvalue weighted by atomic mass is 16.5. The zero-order chi connectivity index (χ0) is 19.4. The maximum Gasteiger partial charge on any atom is 0.162 e. The van der Waals surface area contributed by atoms with Gasteiger partial charge in [-0.3, -0.25) is 0 Å². The molecule has 6 heteroatoms. The molecule has 1 aromatic heterocycles. The molecule has 140 valence electrons. The van der Waals surface area contributed by atoms with E-state index in [1.54, 1.807) is 14.2 Å². The Morgan fingerprint density at radius 3 is 1.85 bits per heavy atom. The summed E-state index contributed by atoms with van der Waals surface area (Å²) in [5.41, 5.74) is 4.33. The predicted octanol–water partition coefficient (Wildman–Crippen LogP) is 4.91. The van der Waals surface area contributed by atoms with E-state index in [1.165, 1.54) is 11.1 Å². The molecule has 0 bridgehead atoms. The van der Waals surface area contributed by atoms with E-state index in [2.05, 4.69) is 46.6 Å². The molecule has 0 aliphatic heterocycles. The Hall–Kier alpha value is -3.28. The van der Waals surface area contributed by atoms with Crippen LogP contribution in [0.15, 0.2) is 42.5 Å². The second-order valence-electron chi connectivity index (χ2n) is 6.30. The van der Waals surface area contributed by atoms with Gasteiger partial charge in [0.25, 0.3) is 0 Å². The molecular weight excluding hydrogens is 340 g/mol. The second kappa shape index (κ2) is 7.95. The van der Waals surface area contributed by atoms with Crippen molar-refractivity contribution in [1.29, 1.82) is 0 Å². The van der Waals surface area contributed by atoms with Crippen molar-refractivity contribution in [3.8, 4) is 11.5 Å². The van der Waals surface area contributed by atoms with Crippen LogP contribution in [-0.2, 0) is 0 Å². The summed E-state index contributed by atoms with van der Waals surface area (Å²) < 4.78 is 10.6. The molecule has 6 nitrogen and oxygen atoms in total. The average molecular weight is 364 g/mol. The van der Waals surface area contributed by atoms with Gasteiger partial charge in [-0.15, -0.1) is 0 Å². The van der Waals surface area contributed by atoms with Crippen LogP contribution in [0.5, 0.6) is 11.5 Å². The van der Waals surface area contributed by atoms with Crippen molar-refractivity contribution in [1.82, 2.24) is 9.97 Å². The van der Waals surface area contributed by atoms with Gasteiger partial charge in [0.1, 0.15) is 17.5 Å². The Balaban J connectivity index is 1.84. The fourth-order valence-electron chi connectivity index (χ4n) is 2.72. The van der Waals surface area contributed by atoms with Gasteiger partial charge in [0.05, 0.1) is 14.2 Å². The Labute approximate surface area is 159 Å². The number of ether oxygens (including phenoxy) is 2. The fourth-order valence-corrected chi connectivity index (χ4v) is 2.72. The minimum Gasteiger partial charge on any atom is -0.493 e. The molecule has 3 rings (SSSR count). The lowest BCUT2D eigenvalue weighted by atomic mass is 10.1. The predicted molar refractivity (Wildman–Crippen MR) is 109 cm³/mol. The maximum atomic E-state index is 5.35. The molecule has 0 radical (unpaired) electrons. The molecule has 0 aliphatic rings. The van der Waals surface area contributed by atoms with Gasteiger partial charge in [0.15, 0.2) is 11.5 Å². The zero-order valence-corrected chi connectivity index (χ0v) is 16.3. The van der Waals surface area contributed by atoms with Crippen LogP contribution in [-0.4, -0.2) is 24.2 Å². The summed E-state index contributed by atoms with van der Waals surface area (Å²) in [6.45, 7) is 6.06. The van der Waals surface area contributed by atoms with Crippen LogP contribution in [0.3, 0.4) is 0 Å². The van der Waals surface area contributed by atoms with Gasteiger partial charge in [-0.1, -0.05) is 6.07 Å². The highest BCUT2D eigenvalue weighted by molar-refractivity contribution is 5.65. The van der Waals surface area contributed by atoms with Crippen molar-refractivity contribution in [3.05, 3.63) is 59.4 Å². The highest BCUT2D eigenvalue weighted by Gasteiger charge is 2.07. The van der Waals surface area contributed by atoms with Crippen molar-refractivity contribution < 1.29 is 9.47 Å². The van der Waals surface area contributed by atoms with Gasteiger partial charge in [-0.05, 0) is 56.2 Å². The Morgan fingerprint density at radius 2 is 1.26 bits per heavy atom. The van der Waals surface area contributed by atoms with E-state index in [9.17, 15) is 0 Å². The second-order valence-corrected chi connectivity index (χ2v) is 6.30. The van der Waals surface area contributed by atoms with Gasteiger partial charge in [-0.25, -0.2) is 9.97 Å². The molecule has 1 heterocycles. The quantitative estimate of drug-likeness (QED) is 0.648. The molecule has 0 unspecified atom stereocenters. The Kier molecular flexibility index (Phi) is 5.45. The van der Waals surface area contributed by atoms with E-state index in [0.717, 1.165) is 17.2 Å². The van der Waals surface area contributed by atoms with Crippen LogP contribution in [0.1, 0.15) is 17.0 Å². The van der Waals surface area contributed by atoms with Crippen LogP contribution >= 0.6 is 0 Å². The largest absolute Gasteiger partial charge is 0.493 e. The molecule has 2 N–H and O–H groups in total. The summed E-state index contributed by atoms with van der Waals surface area (Å²) in [7, 11) is 3.23. The smallest absolute Gasteiger partial charge is 0.162 e. The van der Waals surface area contributed by atoms with E-state index in [1.807, 2.05) is 37.3 Å². The minimum atomic E-state index is 0.654. The number of aryl methyl sites for hydroxylation is 3. The maximum absolute atomic E-state index is 5.35. The lowest BCUT2D eigenvalue weighted by Crippen LogP contribution is -2.02. The van der Waals surface area contributed by atoms with E-state index in [-0.39, 0.29) is 0 Å². The first-order chi connectivity index (χ1) is 13.0. The molecule has 0 saturated carbocycles. The van der Waals surface area contributed by atoms with Crippen LogP contribution in [0.2, 0.25) is 0 Å². The van der Waals surface area contributed by atoms with E-state index >= 15 is 0 Å². The molecule has 0 spiro atoms. The van der Waals surface area contributed by atoms with Crippen molar-refractivity contribution in [2.45, 2.75) is 20.8 Å². The van der Waals surface area contributed by atoms with Crippen LogP contribution < -0.4 is 20.1 Å². The Morgan fingerprint density at radius 1 is 0.667 bits per heavy atom. The normalized spacial score (nSPS) is 10.4. The van der Waals surface area contributed by atoms with Gasteiger partial charge >= 0.3 is 0 Å². The third kappa shape index (κ3) is 4.47. The van der Waals surface area contributed by atoms with Gasteiger partial charge < -0.3 is 20.1 Å². The number of anilines is 4. The topological polar surface area (TPSA) is 68.3 Å². The molecule has 0 fully saturated rings. The first kappa shape index (κ1) is 18.5. The van der Waals surface area contributed by atoms with Crippen molar-refractivity contribution in [2.75, 3.05) is 24.9 Å². The number of rotatable bonds is 6. The number of benzene rings is 2. The molecule has 2 aromatic carbocycles. The van der Waals surface area contributed by atoms with Gasteiger partial charge in [-0.2, -0.15) is 0 Å². The number of methoxy groups -OCH3 is 2. The van der Waals surface area contributed by atoms with E-state index < -0.39 is 0 Å². The molecule has 0 atom stereocenters. The SMILES string of the molecule is COc1ccc(Nc2cc(Nc3ccc(C)c(C)c3)nc(C)n2)cc1OC. The lowest BCUT2D eigenvalue weighted by molar-refractivity contribution is 0.355. The van der Waals surface area contributed by atoms with Crippen molar-refractivity contribution >= 4 is 23.0 Å². The van der Waals surface area contributed by atoms with Crippen LogP contribution in [0.25, 0.3) is 0 Å². The van der Waals surface area contributed by atoms with Gasteiger partial charge in [0.2, 0.25) is 0 Å². The number of hydrogen-bond acceptors (Lipinski definition) is 6. The van der Waals surface area contributed by atoms with E-state index in [4.69, 9.17) is 9.47 Å². The number of aromatic nitrogens is 2. The Bertz CT molecular complexity index is 957. The number of nitrogens with one attached hydrogen (secondary N) is 2. The lowest BCUT2D eigenvalue weighted by Gasteiger charge is -2.13. The van der Waals surface area contributed by atoms with Crippen LogP contribution in [0.4, 0.5) is 23.0 Å². The summed E-state index contributed by atoms with van der Waals surface area (Å²) in [4.78, 5) is 8.94. The van der Waals surface area contributed by atoms with Crippen molar-refractivity contribution in [2.24, 2.45) is 0 Å². The first-order valence-corrected chi connectivity index (χ1v) is 8.67. The summed E-state index contributed by atoms with van der Waals surface area (Å²) in [6.07, 6.45) is 0. The molecule has 0 amide bonds. The molecular formula is C21H24N4O2. The highest BCUT2D eigenvalue weighted by Crippen LogP contribution is 2.31. The first-order valence-electron chi connectivity index (χ1n) is 8.67. The summed E-state index contributed by atoms with van der Waals surface area (Å²) in [6, 6.07) is 13.7. The third-order valence-corrected chi connectivity index (χ3v) is 4.27. The fraction of sp³-hybridized carbons (Fsp3) is 0.238. The average Bonchev–Trinajstić information content (AvgIpc) is 2.64. The molecule has 0 aliphatic carbocycles. The number of hydrogen-bond donors (Lipinski definition) is 2. The standard InChI is InChI=1S/C21H24N4O2/c1-13-6-7-16(10-14(13)2)24-20-12-21(23-15(3)22-20)25-17-8-9-18(26-4)19(11-17)27-5/h6-12H,1-5H3,(H2,22,23,24,25). The molecule has 3 aromatic rings. The van der Waals surface area contributed by atoms with Gasteiger partial charge in [0, 0.05) is 23.5 Å². The monoisotopic (exact) mass is 364 g/mol. The number of nitrogens with zero attached hydrogens (tertiary/aromatic N) is 2. The summed E-state index contributed by atoms with van der Waals surface area (Å²) >= 11 is 0. The van der Waals surface area contributed by atoms with E-state index in [0.29, 0.717) is 23.1 Å².